The molecule has 0 aliphatic carbocycles. The van der Waals surface area contributed by atoms with E-state index in [4.69, 9.17) is 14.6 Å². The Hall–Kier alpha value is -2.58. The molecule has 7 nitrogen and oxygen atoms in total. The van der Waals surface area contributed by atoms with Crippen LogP contribution in [0.25, 0.3) is 0 Å². The van der Waals surface area contributed by atoms with Gasteiger partial charge < -0.3 is 14.8 Å². The fraction of sp³-hybridized carbons (Fsp3) is 0.316. The SMILES string of the molecule is CCOc1ccc(CCNC(=O)c2ccc(S(N)(=O)=O)cc2)cc1OCC. The van der Waals surface area contributed by atoms with Gasteiger partial charge in [0.15, 0.2) is 11.5 Å². The number of ether oxygens (including phenoxy) is 2. The second-order valence-electron chi connectivity index (χ2n) is 5.72. The minimum atomic E-state index is -3.77. The number of benzene rings is 2. The molecule has 0 spiro atoms. The number of amides is 1. The van der Waals surface area contributed by atoms with Crippen molar-refractivity contribution in [2.75, 3.05) is 19.8 Å². The van der Waals surface area contributed by atoms with E-state index in [1.165, 1.54) is 24.3 Å². The number of rotatable bonds is 9. The van der Waals surface area contributed by atoms with Crippen LogP contribution in [0.3, 0.4) is 0 Å². The normalized spacial score (nSPS) is 11.1. The van der Waals surface area contributed by atoms with Gasteiger partial charge in [0.05, 0.1) is 18.1 Å². The molecule has 0 atom stereocenters. The number of carbonyl (C=O) groups is 1. The first-order chi connectivity index (χ1) is 12.8. The van der Waals surface area contributed by atoms with Crippen LogP contribution < -0.4 is 19.9 Å². The monoisotopic (exact) mass is 392 g/mol. The largest absolute Gasteiger partial charge is 0.490 e. The van der Waals surface area contributed by atoms with Gasteiger partial charge in [-0.05, 0) is 62.2 Å². The van der Waals surface area contributed by atoms with E-state index in [1.54, 1.807) is 0 Å². The van der Waals surface area contributed by atoms with E-state index in [0.717, 1.165) is 5.56 Å². The Bertz CT molecular complexity index is 879. The quantitative estimate of drug-likeness (QED) is 0.679. The zero-order chi connectivity index (χ0) is 19.9. The summed E-state index contributed by atoms with van der Waals surface area (Å²) in [6.07, 6.45) is 0.619. The predicted molar refractivity (Wildman–Crippen MR) is 103 cm³/mol. The van der Waals surface area contributed by atoms with Crippen LogP contribution in [0.4, 0.5) is 0 Å². The van der Waals surface area contributed by atoms with Crippen LogP contribution in [0.5, 0.6) is 11.5 Å². The maximum atomic E-state index is 12.2. The van der Waals surface area contributed by atoms with Gasteiger partial charge >= 0.3 is 0 Å². The lowest BCUT2D eigenvalue weighted by molar-refractivity contribution is 0.0954. The molecular formula is C19H24N2O5S. The molecule has 2 aromatic carbocycles. The Labute approximate surface area is 159 Å². The minimum absolute atomic E-state index is 0.0307. The highest BCUT2D eigenvalue weighted by Gasteiger charge is 2.11. The summed E-state index contributed by atoms with van der Waals surface area (Å²) >= 11 is 0. The first-order valence-corrected chi connectivity index (χ1v) is 10.2. The summed E-state index contributed by atoms with van der Waals surface area (Å²) in [5.41, 5.74) is 1.37. The molecular weight excluding hydrogens is 368 g/mol. The van der Waals surface area contributed by atoms with Crippen molar-refractivity contribution in [3.63, 3.8) is 0 Å². The van der Waals surface area contributed by atoms with E-state index < -0.39 is 10.0 Å². The molecule has 0 unspecified atom stereocenters. The summed E-state index contributed by atoms with van der Waals surface area (Å²) in [4.78, 5) is 12.1. The molecule has 0 aromatic heterocycles. The fourth-order valence-electron chi connectivity index (χ4n) is 2.47. The van der Waals surface area contributed by atoms with Crippen molar-refractivity contribution in [2.45, 2.75) is 25.2 Å². The third-order valence-corrected chi connectivity index (χ3v) is 4.68. The number of nitrogens with two attached hydrogens (primary N) is 1. The Morgan fingerprint density at radius 3 is 2.22 bits per heavy atom. The van der Waals surface area contributed by atoms with Crippen molar-refractivity contribution in [3.8, 4) is 11.5 Å². The average molecular weight is 392 g/mol. The number of hydrogen-bond donors (Lipinski definition) is 2. The maximum Gasteiger partial charge on any atom is 0.251 e. The van der Waals surface area contributed by atoms with Crippen molar-refractivity contribution >= 4 is 15.9 Å². The molecule has 0 aliphatic rings. The van der Waals surface area contributed by atoms with Crippen LogP contribution in [-0.2, 0) is 16.4 Å². The highest BCUT2D eigenvalue weighted by Crippen LogP contribution is 2.28. The molecule has 1 amide bonds. The third-order valence-electron chi connectivity index (χ3n) is 3.75. The summed E-state index contributed by atoms with van der Waals surface area (Å²) in [6.45, 7) is 5.34. The standard InChI is InChI=1S/C19H24N2O5S/c1-3-25-17-10-5-14(13-18(17)26-4-2)11-12-21-19(22)15-6-8-16(9-7-15)27(20,23)24/h5-10,13H,3-4,11-12H2,1-2H3,(H,21,22)(H2,20,23,24). The summed E-state index contributed by atoms with van der Waals surface area (Å²) in [6, 6.07) is 11.2. The highest BCUT2D eigenvalue weighted by molar-refractivity contribution is 7.89. The topological polar surface area (TPSA) is 108 Å². The van der Waals surface area contributed by atoms with Crippen LogP contribution in [0, 0.1) is 0 Å². The number of nitrogens with one attached hydrogen (secondary N) is 1. The van der Waals surface area contributed by atoms with Gasteiger partial charge in [-0.2, -0.15) is 0 Å². The Kier molecular flexibility index (Phi) is 7.20. The molecule has 8 heteroatoms. The molecule has 0 heterocycles. The predicted octanol–water partition coefficient (Wildman–Crippen LogP) is 2.10. The lowest BCUT2D eigenvalue weighted by Gasteiger charge is -2.12. The molecule has 0 aliphatic heterocycles. The number of carbonyl (C=O) groups excluding carboxylic acids is 1. The summed E-state index contributed by atoms with van der Waals surface area (Å²) in [5, 5.41) is 7.85. The van der Waals surface area contributed by atoms with E-state index in [9.17, 15) is 13.2 Å². The van der Waals surface area contributed by atoms with Crippen LogP contribution in [0.2, 0.25) is 0 Å². The van der Waals surface area contributed by atoms with Crippen LogP contribution >= 0.6 is 0 Å². The van der Waals surface area contributed by atoms with E-state index >= 15 is 0 Å². The van der Waals surface area contributed by atoms with E-state index in [2.05, 4.69) is 5.32 Å². The van der Waals surface area contributed by atoms with Crippen molar-refractivity contribution in [1.29, 1.82) is 0 Å². The van der Waals surface area contributed by atoms with Crippen LogP contribution in [-0.4, -0.2) is 34.1 Å². The number of hydrogen-bond acceptors (Lipinski definition) is 5. The maximum absolute atomic E-state index is 12.2. The van der Waals surface area contributed by atoms with Gasteiger partial charge in [0.1, 0.15) is 0 Å². The molecule has 27 heavy (non-hydrogen) atoms. The van der Waals surface area contributed by atoms with Crippen molar-refractivity contribution in [2.24, 2.45) is 5.14 Å². The molecule has 0 saturated heterocycles. The lowest BCUT2D eigenvalue weighted by atomic mass is 10.1. The summed E-state index contributed by atoms with van der Waals surface area (Å²) < 4.78 is 33.6. The summed E-state index contributed by atoms with van der Waals surface area (Å²) in [7, 11) is -3.77. The molecule has 2 aromatic rings. The van der Waals surface area contributed by atoms with Gasteiger partial charge in [-0.25, -0.2) is 13.6 Å². The first-order valence-electron chi connectivity index (χ1n) is 8.64. The van der Waals surface area contributed by atoms with Crippen molar-refractivity contribution in [1.82, 2.24) is 5.32 Å². The smallest absolute Gasteiger partial charge is 0.251 e. The molecule has 2 rings (SSSR count). The molecule has 0 radical (unpaired) electrons. The molecule has 0 bridgehead atoms. The molecule has 3 N–H and O–H groups in total. The van der Waals surface area contributed by atoms with Gasteiger partial charge in [0, 0.05) is 12.1 Å². The van der Waals surface area contributed by atoms with E-state index in [-0.39, 0.29) is 10.8 Å². The lowest BCUT2D eigenvalue weighted by Crippen LogP contribution is -2.25. The van der Waals surface area contributed by atoms with Gasteiger partial charge in [-0.15, -0.1) is 0 Å². The number of primary sulfonamides is 1. The van der Waals surface area contributed by atoms with Crippen LogP contribution in [0.15, 0.2) is 47.4 Å². The van der Waals surface area contributed by atoms with E-state index in [0.29, 0.717) is 43.2 Å². The summed E-state index contributed by atoms with van der Waals surface area (Å²) in [5.74, 6) is 1.09. The fourth-order valence-corrected chi connectivity index (χ4v) is 2.98. The Balaban J connectivity index is 1.95. The van der Waals surface area contributed by atoms with Gasteiger partial charge in [0.25, 0.3) is 5.91 Å². The zero-order valence-electron chi connectivity index (χ0n) is 15.4. The average Bonchev–Trinajstić information content (AvgIpc) is 2.63. The zero-order valence-corrected chi connectivity index (χ0v) is 16.2. The molecule has 0 saturated carbocycles. The number of sulfonamides is 1. The second kappa shape index (κ2) is 9.38. The van der Waals surface area contributed by atoms with Gasteiger partial charge in [0.2, 0.25) is 10.0 Å². The van der Waals surface area contributed by atoms with Gasteiger partial charge in [-0.3, -0.25) is 4.79 Å². The highest BCUT2D eigenvalue weighted by atomic mass is 32.2. The first kappa shape index (κ1) is 20.7. The van der Waals surface area contributed by atoms with Crippen molar-refractivity contribution in [3.05, 3.63) is 53.6 Å². The van der Waals surface area contributed by atoms with Crippen LogP contribution in [0.1, 0.15) is 29.8 Å². The minimum Gasteiger partial charge on any atom is -0.490 e. The Morgan fingerprint density at radius 1 is 1.00 bits per heavy atom. The second-order valence-corrected chi connectivity index (χ2v) is 7.28. The molecule has 0 fully saturated rings. The molecule has 146 valence electrons. The van der Waals surface area contributed by atoms with E-state index in [1.807, 2.05) is 32.0 Å². The van der Waals surface area contributed by atoms with Gasteiger partial charge in [-0.1, -0.05) is 6.07 Å². The third kappa shape index (κ3) is 5.97. The Morgan fingerprint density at radius 2 is 1.63 bits per heavy atom. The van der Waals surface area contributed by atoms with Crippen molar-refractivity contribution < 1.29 is 22.7 Å².